The Labute approximate surface area is 238 Å². The van der Waals surface area contributed by atoms with Gasteiger partial charge in [-0.1, -0.05) is 61.9 Å². The number of thioether (sulfide) groups is 1. The molecule has 0 saturated carbocycles. The molecule has 0 unspecified atom stereocenters. The third-order valence-electron chi connectivity index (χ3n) is 7.25. The summed E-state index contributed by atoms with van der Waals surface area (Å²) in [4.78, 5) is 57.2. The van der Waals surface area contributed by atoms with Crippen LogP contribution in [0.1, 0.15) is 54.9 Å². The fourth-order valence-corrected chi connectivity index (χ4v) is 5.74. The van der Waals surface area contributed by atoms with Crippen molar-refractivity contribution in [2.45, 2.75) is 57.1 Å². The maximum Gasteiger partial charge on any atom is 0.262 e. The van der Waals surface area contributed by atoms with Crippen LogP contribution in [0.5, 0.6) is 0 Å². The number of hydrogen-bond donors (Lipinski definition) is 2. The van der Waals surface area contributed by atoms with Crippen LogP contribution >= 0.6 is 11.8 Å². The lowest BCUT2D eigenvalue weighted by Crippen LogP contribution is -2.41. The second-order valence-electron chi connectivity index (χ2n) is 10.1. The van der Waals surface area contributed by atoms with E-state index in [-0.39, 0.29) is 35.0 Å². The number of likely N-dealkylation sites (tertiary alicyclic amines) is 1. The zero-order valence-electron chi connectivity index (χ0n) is 22.9. The highest BCUT2D eigenvalue weighted by Crippen LogP contribution is 2.22. The van der Waals surface area contributed by atoms with E-state index < -0.39 is 0 Å². The van der Waals surface area contributed by atoms with E-state index >= 15 is 0 Å². The number of primary amides is 1. The van der Waals surface area contributed by atoms with E-state index in [1.54, 1.807) is 27.7 Å². The van der Waals surface area contributed by atoms with Crippen molar-refractivity contribution in [1.29, 1.82) is 0 Å². The van der Waals surface area contributed by atoms with Crippen LogP contribution in [-0.2, 0) is 22.6 Å². The Morgan fingerprint density at radius 3 is 2.52 bits per heavy atom. The average Bonchev–Trinajstić information content (AvgIpc) is 2.97. The minimum atomic E-state index is -0.327. The summed E-state index contributed by atoms with van der Waals surface area (Å²) in [6, 6.07) is 14.9. The third kappa shape index (κ3) is 7.50. The Kier molecular flexibility index (Phi) is 10.3. The van der Waals surface area contributed by atoms with Gasteiger partial charge in [-0.2, -0.15) is 0 Å². The first-order chi connectivity index (χ1) is 19.4. The summed E-state index contributed by atoms with van der Waals surface area (Å²) in [6.45, 7) is 4.06. The number of fused-ring (bicyclic) bond motifs is 1. The molecule has 1 saturated heterocycles. The van der Waals surface area contributed by atoms with Gasteiger partial charge in [-0.3, -0.25) is 23.7 Å². The summed E-state index contributed by atoms with van der Waals surface area (Å²) in [7, 11) is 0. The molecule has 2 heterocycles. The van der Waals surface area contributed by atoms with Gasteiger partial charge in [0.05, 0.1) is 16.7 Å². The molecule has 0 bridgehead atoms. The van der Waals surface area contributed by atoms with Gasteiger partial charge in [0.2, 0.25) is 11.8 Å². The number of benzene rings is 2. The van der Waals surface area contributed by atoms with Crippen molar-refractivity contribution < 1.29 is 14.4 Å². The fourth-order valence-electron chi connectivity index (χ4n) is 4.88. The average molecular weight is 564 g/mol. The van der Waals surface area contributed by atoms with Gasteiger partial charge in [-0.15, -0.1) is 0 Å². The Bertz CT molecular complexity index is 1400. The summed E-state index contributed by atoms with van der Waals surface area (Å²) in [6.07, 6.45) is 4.66. The number of nitrogens with two attached hydrogens (primary N) is 1. The number of carbonyl (C=O) groups is 3. The lowest BCUT2D eigenvalue weighted by molar-refractivity contribution is -0.123. The number of nitrogens with one attached hydrogen (secondary N) is 1. The second-order valence-corrected chi connectivity index (χ2v) is 11.1. The highest BCUT2D eigenvalue weighted by atomic mass is 32.2. The smallest absolute Gasteiger partial charge is 0.262 e. The molecule has 1 fully saturated rings. The van der Waals surface area contributed by atoms with Gasteiger partial charge in [0.15, 0.2) is 5.16 Å². The lowest BCUT2D eigenvalue weighted by atomic mass is 9.96. The van der Waals surface area contributed by atoms with Crippen LogP contribution in [0.3, 0.4) is 0 Å². The summed E-state index contributed by atoms with van der Waals surface area (Å²) in [5.74, 6) is -0.686. The number of amides is 3. The van der Waals surface area contributed by atoms with Gasteiger partial charge in [0.25, 0.3) is 11.5 Å². The molecule has 2 aromatic carbocycles. The molecule has 10 heteroatoms. The number of hydrogen-bond acceptors (Lipinski definition) is 6. The molecule has 0 atom stereocenters. The number of aromatic nitrogens is 2. The first-order valence-electron chi connectivity index (χ1n) is 13.9. The van der Waals surface area contributed by atoms with Crippen molar-refractivity contribution in [1.82, 2.24) is 19.8 Å². The lowest BCUT2D eigenvalue weighted by Gasteiger charge is -2.30. The first-order valence-corrected chi connectivity index (χ1v) is 14.9. The van der Waals surface area contributed by atoms with Crippen molar-refractivity contribution in [3.8, 4) is 0 Å². The molecule has 1 aromatic heterocycles. The molecule has 40 heavy (non-hydrogen) atoms. The molecule has 9 nitrogen and oxygen atoms in total. The molecule has 3 N–H and O–H groups in total. The van der Waals surface area contributed by atoms with Gasteiger partial charge in [-0.05, 0) is 49.4 Å². The molecule has 3 aromatic rings. The monoisotopic (exact) mass is 563 g/mol. The van der Waals surface area contributed by atoms with Crippen LogP contribution in [0.2, 0.25) is 0 Å². The van der Waals surface area contributed by atoms with Gasteiger partial charge in [0, 0.05) is 37.7 Å². The molecule has 3 amide bonds. The van der Waals surface area contributed by atoms with Crippen molar-refractivity contribution >= 4 is 40.4 Å². The molecule has 0 spiro atoms. The number of nitrogens with zero attached hydrogens (tertiary/aromatic N) is 3. The van der Waals surface area contributed by atoms with Crippen molar-refractivity contribution in [3.63, 3.8) is 0 Å². The molecule has 0 aliphatic carbocycles. The van der Waals surface area contributed by atoms with Crippen LogP contribution in [0.4, 0.5) is 0 Å². The molecular formula is C30H37N5O4S. The summed E-state index contributed by atoms with van der Waals surface area (Å²) in [5, 5.41) is 3.85. The topological polar surface area (TPSA) is 127 Å². The van der Waals surface area contributed by atoms with Crippen molar-refractivity contribution in [2.24, 2.45) is 11.7 Å². The van der Waals surface area contributed by atoms with E-state index in [2.05, 4.69) is 12.2 Å². The molecule has 4 rings (SSSR count). The van der Waals surface area contributed by atoms with E-state index in [4.69, 9.17) is 10.7 Å². The van der Waals surface area contributed by atoms with Gasteiger partial charge in [-0.25, -0.2) is 4.98 Å². The predicted molar refractivity (Wildman–Crippen MR) is 157 cm³/mol. The zero-order chi connectivity index (χ0) is 28.5. The standard InChI is InChI=1S/C30H37N5O4S/c1-2-3-7-16-35-29(39)24-11-10-23(28(38)34-17-13-22(14-18-34)27(31)37)19-25(24)33-30(35)40-20-26(36)32-15-12-21-8-5-4-6-9-21/h4-6,8-11,19,22H,2-3,7,12-18,20H2,1H3,(H2,31,37)(H,32,36). The highest BCUT2D eigenvalue weighted by molar-refractivity contribution is 7.99. The van der Waals surface area contributed by atoms with E-state index in [0.717, 1.165) is 31.2 Å². The predicted octanol–water partition coefficient (Wildman–Crippen LogP) is 3.38. The maximum absolute atomic E-state index is 13.5. The summed E-state index contributed by atoms with van der Waals surface area (Å²) < 4.78 is 1.65. The molecule has 1 aliphatic rings. The van der Waals surface area contributed by atoms with Gasteiger partial charge in [0.1, 0.15) is 0 Å². The second kappa shape index (κ2) is 14.1. The van der Waals surface area contributed by atoms with Crippen LogP contribution in [0, 0.1) is 5.92 Å². The van der Waals surface area contributed by atoms with E-state index in [0.29, 0.717) is 60.6 Å². The molecular weight excluding hydrogens is 526 g/mol. The Balaban J connectivity index is 1.49. The first kappa shape index (κ1) is 29.3. The SMILES string of the molecule is CCCCCn1c(SCC(=O)NCCc2ccccc2)nc2cc(C(=O)N3CCC(C(N)=O)CC3)ccc2c1=O. The molecule has 0 radical (unpaired) electrons. The largest absolute Gasteiger partial charge is 0.369 e. The van der Waals surface area contributed by atoms with Gasteiger partial charge >= 0.3 is 0 Å². The summed E-state index contributed by atoms with van der Waals surface area (Å²) >= 11 is 1.23. The Morgan fingerprint density at radius 2 is 1.82 bits per heavy atom. The van der Waals surface area contributed by atoms with E-state index in [1.807, 2.05) is 30.3 Å². The highest BCUT2D eigenvalue weighted by Gasteiger charge is 2.27. The van der Waals surface area contributed by atoms with Crippen LogP contribution in [0.25, 0.3) is 10.9 Å². The van der Waals surface area contributed by atoms with E-state index in [1.165, 1.54) is 11.8 Å². The Morgan fingerprint density at radius 1 is 1.07 bits per heavy atom. The number of piperidine rings is 1. The maximum atomic E-state index is 13.5. The van der Waals surface area contributed by atoms with Gasteiger partial charge < -0.3 is 16.0 Å². The third-order valence-corrected chi connectivity index (χ3v) is 8.22. The van der Waals surface area contributed by atoms with Crippen molar-refractivity contribution in [3.05, 3.63) is 70.0 Å². The van der Waals surface area contributed by atoms with Crippen LogP contribution < -0.4 is 16.6 Å². The quantitative estimate of drug-likeness (QED) is 0.198. The number of unbranched alkanes of at least 4 members (excludes halogenated alkanes) is 2. The van der Waals surface area contributed by atoms with Crippen LogP contribution in [0.15, 0.2) is 58.5 Å². The summed E-state index contributed by atoms with van der Waals surface area (Å²) in [5.41, 5.74) is 7.27. The minimum absolute atomic E-state index is 0.126. The molecule has 1 aliphatic heterocycles. The fraction of sp³-hybridized carbons (Fsp3) is 0.433. The van der Waals surface area contributed by atoms with E-state index in [9.17, 15) is 19.2 Å². The minimum Gasteiger partial charge on any atom is -0.369 e. The van der Waals surface area contributed by atoms with Crippen LogP contribution in [-0.4, -0.2) is 57.6 Å². The zero-order valence-corrected chi connectivity index (χ0v) is 23.8. The molecule has 212 valence electrons. The normalized spacial score (nSPS) is 13.9. The number of rotatable bonds is 12. The number of carbonyl (C=O) groups excluding carboxylic acids is 3. The Hall–Kier alpha value is -3.66. The van der Waals surface area contributed by atoms with Crippen molar-refractivity contribution in [2.75, 3.05) is 25.4 Å².